The van der Waals surface area contributed by atoms with Crippen molar-refractivity contribution >= 4 is 33.4 Å². The topological polar surface area (TPSA) is 103 Å². The lowest BCUT2D eigenvalue weighted by Crippen LogP contribution is -2.18. The van der Waals surface area contributed by atoms with Crippen molar-refractivity contribution in [3.8, 4) is 0 Å². The maximum atomic E-state index is 11.0. The highest BCUT2D eigenvalue weighted by Gasteiger charge is 2.25. The largest absolute Gasteiger partial charge is 0.506 e. The van der Waals surface area contributed by atoms with Crippen molar-refractivity contribution in [1.29, 1.82) is 0 Å². The van der Waals surface area contributed by atoms with Crippen molar-refractivity contribution in [2.24, 2.45) is 0 Å². The highest BCUT2D eigenvalue weighted by atomic mass is 33.1. The summed E-state index contributed by atoms with van der Waals surface area (Å²) in [4.78, 5) is 25.4. The minimum Gasteiger partial charge on any atom is -0.450 e. The van der Waals surface area contributed by atoms with Crippen molar-refractivity contribution in [3.05, 3.63) is 64.3 Å². The van der Waals surface area contributed by atoms with Gasteiger partial charge in [-0.2, -0.15) is 0 Å². The number of rotatable bonds is 7. The molecule has 9 heteroatoms. The Hall–Kier alpha value is -2.26. The Balaban J connectivity index is 2.11. The van der Waals surface area contributed by atoms with Gasteiger partial charge in [-0.3, -0.25) is 10.1 Å². The molecule has 0 radical (unpaired) electrons. The lowest BCUT2D eigenvalue weighted by molar-refractivity contribution is -0.384. The number of aromatic nitrogens is 1. The number of hydrogen-bond donors (Lipinski definition) is 1. The minimum absolute atomic E-state index is 0.0593. The molecule has 0 saturated carbocycles. The van der Waals surface area contributed by atoms with Gasteiger partial charge in [0.15, 0.2) is 0 Å². The molecule has 2 unspecified atom stereocenters. The molecule has 24 heavy (non-hydrogen) atoms. The lowest BCUT2D eigenvalue weighted by Gasteiger charge is -2.22. The van der Waals surface area contributed by atoms with E-state index in [1.54, 1.807) is 6.20 Å². The fourth-order valence-electron chi connectivity index (χ4n) is 1.90. The van der Waals surface area contributed by atoms with Gasteiger partial charge in [0.05, 0.1) is 10.2 Å². The summed E-state index contributed by atoms with van der Waals surface area (Å²) in [6.07, 6.45) is -0.465. The van der Waals surface area contributed by atoms with Gasteiger partial charge in [-0.05, 0) is 47.5 Å². The molecule has 1 aromatic carbocycles. The molecule has 1 heterocycles. The quantitative estimate of drug-likeness (QED) is 0.329. The third-order valence-corrected chi connectivity index (χ3v) is 5.78. The number of nitrogens with zero attached hydrogens (tertiary/aromatic N) is 2. The molecule has 0 aliphatic carbocycles. The Morgan fingerprint density at radius 2 is 2.00 bits per heavy atom. The molecule has 0 saturated heterocycles. The van der Waals surface area contributed by atoms with E-state index in [0.717, 1.165) is 5.03 Å². The van der Waals surface area contributed by atoms with Gasteiger partial charge in [0.2, 0.25) is 0 Å². The number of hydrogen-bond acceptors (Lipinski definition) is 7. The summed E-state index contributed by atoms with van der Waals surface area (Å²) in [6, 6.07) is 11.2. The van der Waals surface area contributed by atoms with Gasteiger partial charge in [0.25, 0.3) is 5.69 Å². The van der Waals surface area contributed by atoms with E-state index in [9.17, 15) is 14.9 Å². The van der Waals surface area contributed by atoms with Crippen LogP contribution in [0.5, 0.6) is 0 Å². The Labute approximate surface area is 146 Å². The molecule has 1 N–H and O–H groups in total. The number of carboxylic acid groups (broad SMARTS) is 1. The van der Waals surface area contributed by atoms with Gasteiger partial charge in [-0.15, -0.1) is 0 Å². The van der Waals surface area contributed by atoms with Crippen LogP contribution in [-0.4, -0.2) is 26.4 Å². The number of carbonyl (C=O) groups is 1. The zero-order chi connectivity index (χ0) is 17.5. The monoisotopic (exact) mass is 366 g/mol. The Morgan fingerprint density at radius 3 is 2.54 bits per heavy atom. The van der Waals surface area contributed by atoms with Crippen LogP contribution in [0.15, 0.2) is 53.7 Å². The number of non-ortho nitro benzene ring substituents is 1. The number of benzene rings is 1. The molecule has 0 bridgehead atoms. The van der Waals surface area contributed by atoms with Crippen LogP contribution in [-0.2, 0) is 4.74 Å². The summed E-state index contributed by atoms with van der Waals surface area (Å²) >= 11 is 0. The Bertz CT molecular complexity index is 697. The molecule has 2 rings (SSSR count). The molecule has 1 aromatic heterocycles. The average Bonchev–Trinajstić information content (AvgIpc) is 2.58. The van der Waals surface area contributed by atoms with Crippen molar-refractivity contribution in [2.75, 3.05) is 0 Å². The van der Waals surface area contributed by atoms with Gasteiger partial charge >= 0.3 is 6.16 Å². The van der Waals surface area contributed by atoms with E-state index in [-0.39, 0.29) is 10.9 Å². The van der Waals surface area contributed by atoms with Crippen LogP contribution in [0.2, 0.25) is 0 Å². The molecule has 7 nitrogen and oxygen atoms in total. The van der Waals surface area contributed by atoms with E-state index >= 15 is 0 Å². The van der Waals surface area contributed by atoms with Gasteiger partial charge < -0.3 is 9.84 Å². The predicted molar refractivity (Wildman–Crippen MR) is 92.1 cm³/mol. The van der Waals surface area contributed by atoms with Crippen LogP contribution in [0.4, 0.5) is 10.5 Å². The zero-order valence-corrected chi connectivity index (χ0v) is 14.2. The van der Waals surface area contributed by atoms with Crippen LogP contribution in [0.1, 0.15) is 18.6 Å². The summed E-state index contributed by atoms with van der Waals surface area (Å²) < 4.78 is 4.98. The van der Waals surface area contributed by atoms with E-state index in [1.807, 2.05) is 25.1 Å². The molecular formula is C15H14N2O5S2. The molecule has 0 spiro atoms. The first-order valence-corrected chi connectivity index (χ1v) is 9.07. The first-order valence-electron chi connectivity index (χ1n) is 6.85. The third kappa shape index (κ3) is 5.14. The van der Waals surface area contributed by atoms with Gasteiger partial charge in [0, 0.05) is 18.3 Å². The highest BCUT2D eigenvalue weighted by molar-refractivity contribution is 8.76. The standard InChI is InChI=1S/C15H14N2O5S2/c1-10(23-24-13-4-2-3-9-16-13)14(22-15(18)19)11-5-7-12(8-6-11)17(20)21/h2-10,14H,1H3,(H,18,19). The molecule has 0 fully saturated rings. The normalized spacial score (nSPS) is 13.0. The van der Waals surface area contributed by atoms with Crippen LogP contribution < -0.4 is 0 Å². The summed E-state index contributed by atoms with van der Waals surface area (Å²) in [7, 11) is 2.83. The number of ether oxygens (including phenoxy) is 1. The summed E-state index contributed by atoms with van der Waals surface area (Å²) in [5.41, 5.74) is 0.501. The molecule has 0 aliphatic rings. The van der Waals surface area contributed by atoms with E-state index in [4.69, 9.17) is 9.84 Å². The molecule has 0 aliphatic heterocycles. The molecular weight excluding hydrogens is 352 g/mol. The van der Waals surface area contributed by atoms with E-state index in [0.29, 0.717) is 5.56 Å². The molecule has 0 amide bonds. The number of pyridine rings is 1. The van der Waals surface area contributed by atoms with Crippen molar-refractivity contribution in [3.63, 3.8) is 0 Å². The maximum Gasteiger partial charge on any atom is 0.506 e. The summed E-state index contributed by atoms with van der Waals surface area (Å²) in [6.45, 7) is 1.83. The van der Waals surface area contributed by atoms with Crippen LogP contribution in [0, 0.1) is 10.1 Å². The van der Waals surface area contributed by atoms with Crippen LogP contribution in [0.3, 0.4) is 0 Å². The van der Waals surface area contributed by atoms with E-state index in [1.165, 1.54) is 45.9 Å². The van der Waals surface area contributed by atoms with Crippen molar-refractivity contribution in [2.45, 2.75) is 23.3 Å². The SMILES string of the molecule is CC(SSc1ccccn1)C(OC(=O)O)c1ccc([N+](=O)[O-])cc1. The van der Waals surface area contributed by atoms with Crippen LogP contribution >= 0.6 is 21.6 Å². The number of nitro benzene ring substituents is 1. The Kier molecular flexibility index (Phi) is 6.44. The second-order valence-electron chi connectivity index (χ2n) is 4.71. The van der Waals surface area contributed by atoms with Crippen molar-refractivity contribution in [1.82, 2.24) is 4.98 Å². The fraction of sp³-hybridized carbons (Fsp3) is 0.200. The first-order chi connectivity index (χ1) is 11.5. The second kappa shape index (κ2) is 8.55. The van der Waals surface area contributed by atoms with Gasteiger partial charge in [-0.25, -0.2) is 9.78 Å². The first kappa shape index (κ1) is 18.1. The maximum absolute atomic E-state index is 11.0. The number of nitro groups is 1. The van der Waals surface area contributed by atoms with E-state index in [2.05, 4.69) is 4.98 Å². The van der Waals surface area contributed by atoms with Crippen molar-refractivity contribution < 1.29 is 19.6 Å². The molecule has 2 aromatic rings. The zero-order valence-electron chi connectivity index (χ0n) is 12.6. The molecule has 126 valence electrons. The van der Waals surface area contributed by atoms with Crippen LogP contribution in [0.25, 0.3) is 0 Å². The van der Waals surface area contributed by atoms with Gasteiger partial charge in [0.1, 0.15) is 11.1 Å². The Morgan fingerprint density at radius 1 is 1.29 bits per heavy atom. The minimum atomic E-state index is -1.39. The average molecular weight is 366 g/mol. The van der Waals surface area contributed by atoms with Gasteiger partial charge in [-0.1, -0.05) is 16.9 Å². The summed E-state index contributed by atoms with van der Waals surface area (Å²) in [5.74, 6) is 0. The summed E-state index contributed by atoms with van der Waals surface area (Å²) in [5, 5.41) is 20.3. The highest BCUT2D eigenvalue weighted by Crippen LogP contribution is 2.40. The second-order valence-corrected chi connectivity index (χ2v) is 7.30. The smallest absolute Gasteiger partial charge is 0.450 e. The lowest BCUT2D eigenvalue weighted by atomic mass is 10.1. The molecule has 2 atom stereocenters. The predicted octanol–water partition coefficient (Wildman–Crippen LogP) is 4.55. The van der Waals surface area contributed by atoms with E-state index < -0.39 is 17.2 Å². The fourth-order valence-corrected chi connectivity index (χ4v) is 4.05. The third-order valence-electron chi connectivity index (χ3n) is 3.01.